The van der Waals surface area contributed by atoms with Crippen LogP contribution in [0.2, 0.25) is 0 Å². The van der Waals surface area contributed by atoms with Crippen LogP contribution in [-0.4, -0.2) is 31.4 Å². The fourth-order valence-corrected chi connectivity index (χ4v) is 2.20. The third-order valence-corrected chi connectivity index (χ3v) is 3.07. The summed E-state index contributed by atoms with van der Waals surface area (Å²) in [6.07, 6.45) is -0.884. The molecule has 25 heavy (non-hydrogen) atoms. The minimum atomic E-state index is -4.88. The molecule has 1 aromatic carbocycles. The van der Waals surface area contributed by atoms with Gasteiger partial charge in [0.2, 0.25) is 0 Å². The van der Waals surface area contributed by atoms with Crippen LogP contribution >= 0.6 is 0 Å². The quantitative estimate of drug-likeness (QED) is 0.716. The maximum absolute atomic E-state index is 12.2. The highest BCUT2D eigenvalue weighted by atomic mass is 19.4. The van der Waals surface area contributed by atoms with Gasteiger partial charge in [-0.2, -0.15) is 0 Å². The average molecular weight is 351 g/mol. The number of nitrogens with zero attached hydrogens (tertiary/aromatic N) is 5. The summed E-state index contributed by atoms with van der Waals surface area (Å²) in [5.74, 6) is -0.292. The van der Waals surface area contributed by atoms with Crippen molar-refractivity contribution in [3.63, 3.8) is 0 Å². The van der Waals surface area contributed by atoms with Crippen LogP contribution in [0.4, 0.5) is 13.2 Å². The first-order chi connectivity index (χ1) is 11.8. The summed E-state index contributed by atoms with van der Waals surface area (Å²) in [7, 11) is 0. The van der Waals surface area contributed by atoms with E-state index in [4.69, 9.17) is 0 Å². The second-order valence-corrected chi connectivity index (χ2v) is 5.24. The van der Waals surface area contributed by atoms with Crippen LogP contribution in [0, 0.1) is 13.8 Å². The Morgan fingerprint density at radius 3 is 2.52 bits per heavy atom. The van der Waals surface area contributed by atoms with E-state index in [1.165, 1.54) is 23.3 Å². The van der Waals surface area contributed by atoms with Gasteiger partial charge in [-0.1, -0.05) is 17.2 Å². The van der Waals surface area contributed by atoms with Gasteiger partial charge in [-0.25, -0.2) is 14.3 Å². The molecule has 0 fully saturated rings. The lowest BCUT2D eigenvalue weighted by Gasteiger charge is -2.04. The maximum Gasteiger partial charge on any atom is 0.574 e. The van der Waals surface area contributed by atoms with E-state index >= 15 is 0 Å². The molecule has 0 radical (unpaired) electrons. The van der Waals surface area contributed by atoms with Crippen LogP contribution in [-0.2, 0) is 0 Å². The third kappa shape index (κ3) is 4.22. The van der Waals surface area contributed by atoms with Gasteiger partial charge in [-0.3, -0.25) is 0 Å². The SMILES string of the molecule is Cc1cc(C)cc(-c2ncn(/C=C\c3nonc3OC(F)(F)F)n2)c1. The molecule has 130 valence electrons. The van der Waals surface area contributed by atoms with Crippen molar-refractivity contribution in [3.05, 3.63) is 41.3 Å². The number of aromatic nitrogens is 5. The van der Waals surface area contributed by atoms with Crippen LogP contribution in [0.15, 0.2) is 29.2 Å². The zero-order valence-electron chi connectivity index (χ0n) is 13.2. The smallest absolute Gasteiger partial charge is 0.382 e. The van der Waals surface area contributed by atoms with Crippen molar-refractivity contribution in [1.29, 1.82) is 0 Å². The minimum absolute atomic E-state index is 0.222. The average Bonchev–Trinajstić information content (AvgIpc) is 3.11. The van der Waals surface area contributed by atoms with Gasteiger partial charge in [0.15, 0.2) is 11.5 Å². The summed E-state index contributed by atoms with van der Waals surface area (Å²) in [6.45, 7) is 3.93. The molecule has 0 N–H and O–H groups in total. The Bertz CT molecular complexity index is 894. The molecule has 0 aliphatic heterocycles. The van der Waals surface area contributed by atoms with Crippen LogP contribution in [0.1, 0.15) is 16.8 Å². The molecule has 2 aromatic heterocycles. The first-order valence-electron chi connectivity index (χ1n) is 7.06. The van der Waals surface area contributed by atoms with Gasteiger partial charge < -0.3 is 4.74 Å². The number of halogens is 3. The van der Waals surface area contributed by atoms with Crippen LogP contribution < -0.4 is 4.74 Å². The Morgan fingerprint density at radius 1 is 1.12 bits per heavy atom. The fourth-order valence-electron chi connectivity index (χ4n) is 2.20. The highest BCUT2D eigenvalue weighted by Crippen LogP contribution is 2.24. The zero-order valence-corrected chi connectivity index (χ0v) is 13.2. The zero-order chi connectivity index (χ0) is 18.0. The van der Waals surface area contributed by atoms with E-state index in [1.54, 1.807) is 0 Å². The molecule has 3 rings (SSSR count). The Morgan fingerprint density at radius 2 is 1.84 bits per heavy atom. The number of alkyl halides is 3. The van der Waals surface area contributed by atoms with Crippen molar-refractivity contribution in [2.45, 2.75) is 20.2 Å². The van der Waals surface area contributed by atoms with Gasteiger partial charge >= 0.3 is 6.36 Å². The number of aryl methyl sites for hydroxylation is 2. The second-order valence-electron chi connectivity index (χ2n) is 5.24. The van der Waals surface area contributed by atoms with Crippen molar-refractivity contribution < 1.29 is 22.5 Å². The molecule has 7 nitrogen and oxygen atoms in total. The summed E-state index contributed by atoms with van der Waals surface area (Å²) in [4.78, 5) is 4.18. The van der Waals surface area contributed by atoms with Crippen molar-refractivity contribution >= 4 is 12.3 Å². The van der Waals surface area contributed by atoms with E-state index in [-0.39, 0.29) is 5.69 Å². The molecule has 0 amide bonds. The summed E-state index contributed by atoms with van der Waals surface area (Å²) in [6, 6.07) is 5.90. The van der Waals surface area contributed by atoms with E-state index in [0.717, 1.165) is 16.7 Å². The lowest BCUT2D eigenvalue weighted by molar-refractivity contribution is -0.276. The lowest BCUT2D eigenvalue weighted by atomic mass is 10.1. The van der Waals surface area contributed by atoms with Crippen molar-refractivity contribution in [3.8, 4) is 17.3 Å². The monoisotopic (exact) mass is 351 g/mol. The van der Waals surface area contributed by atoms with E-state index in [1.807, 2.05) is 32.0 Å². The Hall–Kier alpha value is -3.17. The van der Waals surface area contributed by atoms with Gasteiger partial charge in [0, 0.05) is 11.8 Å². The predicted molar refractivity (Wildman–Crippen MR) is 81.1 cm³/mol. The Labute approximate surface area is 139 Å². The summed E-state index contributed by atoms with van der Waals surface area (Å²) in [5.41, 5.74) is 2.77. The molecule has 0 spiro atoms. The lowest BCUT2D eigenvalue weighted by Crippen LogP contribution is -2.17. The van der Waals surface area contributed by atoms with Gasteiger partial charge in [0.25, 0.3) is 5.88 Å². The highest BCUT2D eigenvalue weighted by Gasteiger charge is 2.34. The van der Waals surface area contributed by atoms with Crippen molar-refractivity contribution in [2.75, 3.05) is 0 Å². The Balaban J connectivity index is 1.80. The molecule has 3 aromatic rings. The topological polar surface area (TPSA) is 78.9 Å². The molecule has 0 saturated carbocycles. The second kappa shape index (κ2) is 6.38. The molecule has 10 heteroatoms. The first-order valence-corrected chi connectivity index (χ1v) is 7.06. The summed E-state index contributed by atoms with van der Waals surface area (Å²) >= 11 is 0. The van der Waals surface area contributed by atoms with Gasteiger partial charge in [0.05, 0.1) is 0 Å². The van der Waals surface area contributed by atoms with E-state index in [0.29, 0.717) is 5.82 Å². The fraction of sp³-hybridized carbons (Fsp3) is 0.200. The molecule has 2 heterocycles. The number of hydrogen-bond acceptors (Lipinski definition) is 6. The molecule has 0 saturated heterocycles. The normalized spacial score (nSPS) is 12.0. The highest BCUT2D eigenvalue weighted by molar-refractivity contribution is 5.61. The molecule has 0 aliphatic carbocycles. The minimum Gasteiger partial charge on any atom is -0.382 e. The van der Waals surface area contributed by atoms with E-state index in [2.05, 4.69) is 29.8 Å². The summed E-state index contributed by atoms with van der Waals surface area (Å²) < 4.78 is 46.0. The van der Waals surface area contributed by atoms with E-state index < -0.39 is 12.2 Å². The Kier molecular flexibility index (Phi) is 4.26. The van der Waals surface area contributed by atoms with Crippen LogP contribution in [0.3, 0.4) is 0 Å². The van der Waals surface area contributed by atoms with Crippen molar-refractivity contribution in [2.24, 2.45) is 0 Å². The molecule has 0 atom stereocenters. The van der Waals surface area contributed by atoms with Gasteiger partial charge in [-0.15, -0.1) is 18.3 Å². The number of benzene rings is 1. The van der Waals surface area contributed by atoms with Crippen LogP contribution in [0.5, 0.6) is 5.88 Å². The molecular formula is C15H12F3N5O2. The van der Waals surface area contributed by atoms with Crippen LogP contribution in [0.25, 0.3) is 23.7 Å². The molecule has 0 bridgehead atoms. The maximum atomic E-state index is 12.2. The van der Waals surface area contributed by atoms with Crippen molar-refractivity contribution in [1.82, 2.24) is 25.1 Å². The number of ether oxygens (including phenoxy) is 1. The largest absolute Gasteiger partial charge is 0.574 e. The molecule has 0 unspecified atom stereocenters. The third-order valence-electron chi connectivity index (χ3n) is 3.07. The van der Waals surface area contributed by atoms with Gasteiger partial charge in [-0.05, 0) is 42.4 Å². The first kappa shape index (κ1) is 16.7. The number of hydrogen-bond donors (Lipinski definition) is 0. The van der Waals surface area contributed by atoms with Gasteiger partial charge in [0.1, 0.15) is 6.33 Å². The molecular weight excluding hydrogens is 339 g/mol. The standard InChI is InChI=1S/C15H12F3N5O2/c1-9-5-10(2)7-11(6-9)13-19-8-23(20-13)4-3-12-14(22-25-21-12)24-15(16,17)18/h3-8H,1-2H3/b4-3-. The number of rotatable bonds is 4. The molecule has 0 aliphatic rings. The summed E-state index contributed by atoms with van der Waals surface area (Å²) in [5, 5.41) is 10.6. The van der Waals surface area contributed by atoms with E-state index in [9.17, 15) is 13.2 Å². The predicted octanol–water partition coefficient (Wildman–Crippen LogP) is 3.47.